The van der Waals surface area contributed by atoms with Crippen LogP contribution in [0.15, 0.2) is 29.2 Å². The zero-order valence-corrected chi connectivity index (χ0v) is 13.5. The molecule has 0 radical (unpaired) electrons. The first kappa shape index (κ1) is 16.5. The zero-order chi connectivity index (χ0) is 14.3. The molecule has 108 valence electrons. The van der Waals surface area contributed by atoms with Crippen molar-refractivity contribution >= 4 is 11.8 Å². The smallest absolute Gasteiger partial charge is 0.0528 e. The molecule has 3 heteroatoms. The van der Waals surface area contributed by atoms with Gasteiger partial charge in [-0.05, 0) is 56.9 Å². The van der Waals surface area contributed by atoms with Crippen LogP contribution in [-0.2, 0) is 5.41 Å². The summed E-state index contributed by atoms with van der Waals surface area (Å²) in [6, 6.07) is 8.70. The van der Waals surface area contributed by atoms with Crippen molar-refractivity contribution in [3.05, 3.63) is 29.8 Å². The van der Waals surface area contributed by atoms with Gasteiger partial charge in [0.05, 0.1) is 6.61 Å². The monoisotopic (exact) mass is 281 g/mol. The van der Waals surface area contributed by atoms with E-state index in [0.717, 1.165) is 25.9 Å². The molecule has 0 aromatic heterocycles. The predicted octanol–water partition coefficient (Wildman–Crippen LogP) is 3.39. The van der Waals surface area contributed by atoms with Crippen LogP contribution in [-0.4, -0.2) is 43.0 Å². The van der Waals surface area contributed by atoms with E-state index < -0.39 is 0 Å². The lowest BCUT2D eigenvalue weighted by molar-refractivity contribution is 0.114. The Balaban J connectivity index is 0.000000861. The minimum Gasteiger partial charge on any atom is -0.395 e. The van der Waals surface area contributed by atoms with E-state index in [1.54, 1.807) is 11.8 Å². The number of aliphatic hydroxyl groups excluding tert-OH is 1. The fourth-order valence-electron chi connectivity index (χ4n) is 2.53. The van der Waals surface area contributed by atoms with Crippen molar-refractivity contribution in [3.8, 4) is 0 Å². The van der Waals surface area contributed by atoms with Gasteiger partial charge >= 0.3 is 0 Å². The third-order valence-electron chi connectivity index (χ3n) is 3.95. The lowest BCUT2D eigenvalue weighted by Gasteiger charge is -2.40. The largest absolute Gasteiger partial charge is 0.395 e. The second-order valence-electron chi connectivity index (χ2n) is 4.97. The van der Waals surface area contributed by atoms with Crippen LogP contribution in [0.3, 0.4) is 0 Å². The average molecular weight is 281 g/mol. The first-order chi connectivity index (χ1) is 9.20. The molecule has 2 nitrogen and oxygen atoms in total. The molecule has 0 unspecified atom stereocenters. The summed E-state index contributed by atoms with van der Waals surface area (Å²) < 4.78 is 0. The summed E-state index contributed by atoms with van der Waals surface area (Å²) in [5, 5.41) is 9.78. The summed E-state index contributed by atoms with van der Waals surface area (Å²) in [6.45, 7) is 6.41. The van der Waals surface area contributed by atoms with Crippen LogP contribution in [0.25, 0.3) is 0 Å². The van der Waals surface area contributed by atoms with Gasteiger partial charge in [0.15, 0.2) is 0 Å². The van der Waals surface area contributed by atoms with Crippen molar-refractivity contribution in [1.82, 2.24) is 4.90 Å². The number of benzene rings is 1. The summed E-state index contributed by atoms with van der Waals surface area (Å²) in [4.78, 5) is 3.62. The van der Waals surface area contributed by atoms with Gasteiger partial charge in [-0.3, -0.25) is 0 Å². The molecule has 1 aromatic rings. The summed E-state index contributed by atoms with van der Waals surface area (Å²) in [5.74, 6) is 0. The van der Waals surface area contributed by atoms with Gasteiger partial charge in [0, 0.05) is 10.3 Å². The second-order valence-corrected chi connectivity index (χ2v) is 5.85. The SMILES string of the molecule is CC.CSc1ccc(C2(CO)CCN(C)CC2)cc1. The van der Waals surface area contributed by atoms with E-state index in [2.05, 4.69) is 42.5 Å². The summed E-state index contributed by atoms with van der Waals surface area (Å²) in [7, 11) is 2.15. The Morgan fingerprint density at radius 1 is 1.16 bits per heavy atom. The van der Waals surface area contributed by atoms with Crippen molar-refractivity contribution in [1.29, 1.82) is 0 Å². The van der Waals surface area contributed by atoms with Crippen LogP contribution in [0.2, 0.25) is 0 Å². The van der Waals surface area contributed by atoms with Crippen LogP contribution in [0, 0.1) is 0 Å². The van der Waals surface area contributed by atoms with Gasteiger partial charge < -0.3 is 10.0 Å². The molecule has 2 rings (SSSR count). The van der Waals surface area contributed by atoms with E-state index in [4.69, 9.17) is 0 Å². The Morgan fingerprint density at radius 2 is 1.68 bits per heavy atom. The van der Waals surface area contributed by atoms with E-state index in [1.807, 2.05) is 13.8 Å². The fourth-order valence-corrected chi connectivity index (χ4v) is 2.94. The molecule has 0 bridgehead atoms. The minimum atomic E-state index is -0.0105. The van der Waals surface area contributed by atoms with Gasteiger partial charge in [0.2, 0.25) is 0 Å². The maximum Gasteiger partial charge on any atom is 0.0528 e. The normalized spacial score (nSPS) is 18.6. The molecular weight excluding hydrogens is 254 g/mol. The first-order valence-corrected chi connectivity index (χ1v) is 8.37. The van der Waals surface area contributed by atoms with Gasteiger partial charge in [-0.2, -0.15) is 0 Å². The highest BCUT2D eigenvalue weighted by Gasteiger charge is 2.34. The number of rotatable bonds is 3. The number of nitrogens with zero attached hydrogens (tertiary/aromatic N) is 1. The number of thioether (sulfide) groups is 1. The molecule has 1 N–H and O–H groups in total. The van der Waals surface area contributed by atoms with Crippen molar-refractivity contribution in [2.24, 2.45) is 0 Å². The van der Waals surface area contributed by atoms with Gasteiger partial charge in [-0.1, -0.05) is 26.0 Å². The van der Waals surface area contributed by atoms with Crippen molar-refractivity contribution in [2.75, 3.05) is 33.0 Å². The van der Waals surface area contributed by atoms with E-state index in [-0.39, 0.29) is 12.0 Å². The molecule has 1 aliphatic rings. The van der Waals surface area contributed by atoms with Crippen LogP contribution in [0.5, 0.6) is 0 Å². The molecule has 1 fully saturated rings. The van der Waals surface area contributed by atoms with Gasteiger partial charge in [-0.15, -0.1) is 11.8 Å². The minimum absolute atomic E-state index is 0.0105. The molecule has 0 amide bonds. The van der Waals surface area contributed by atoms with E-state index in [9.17, 15) is 5.11 Å². The molecule has 0 saturated carbocycles. The van der Waals surface area contributed by atoms with Crippen LogP contribution in [0.1, 0.15) is 32.3 Å². The van der Waals surface area contributed by atoms with Crippen molar-refractivity contribution < 1.29 is 5.11 Å². The highest BCUT2D eigenvalue weighted by atomic mass is 32.2. The maximum absolute atomic E-state index is 9.78. The number of aliphatic hydroxyl groups is 1. The third-order valence-corrected chi connectivity index (χ3v) is 4.69. The average Bonchev–Trinajstić information content (AvgIpc) is 2.51. The Hall–Kier alpha value is -0.510. The molecule has 1 aliphatic heterocycles. The van der Waals surface area contributed by atoms with E-state index >= 15 is 0 Å². The standard InChI is InChI=1S/C14H21NOS.C2H6/c1-15-9-7-14(11-16,8-10-15)12-3-5-13(17-2)6-4-12;1-2/h3-6,16H,7-11H2,1-2H3;1-2H3. The molecular formula is C16H27NOS. The molecule has 1 saturated heterocycles. The number of hydrogen-bond acceptors (Lipinski definition) is 3. The lowest BCUT2D eigenvalue weighted by atomic mass is 9.73. The Bertz CT molecular complexity index is 356. The number of hydrogen-bond donors (Lipinski definition) is 1. The van der Waals surface area contributed by atoms with Gasteiger partial charge in [-0.25, -0.2) is 0 Å². The second kappa shape index (κ2) is 7.93. The molecule has 1 heterocycles. The molecule has 1 aromatic carbocycles. The highest BCUT2D eigenvalue weighted by Crippen LogP contribution is 2.35. The first-order valence-electron chi connectivity index (χ1n) is 7.14. The Labute approximate surface area is 122 Å². The quantitative estimate of drug-likeness (QED) is 0.859. The topological polar surface area (TPSA) is 23.5 Å². The van der Waals surface area contributed by atoms with Gasteiger partial charge in [0.25, 0.3) is 0 Å². The van der Waals surface area contributed by atoms with Crippen molar-refractivity contribution in [2.45, 2.75) is 37.0 Å². The van der Waals surface area contributed by atoms with Gasteiger partial charge in [0.1, 0.15) is 0 Å². The maximum atomic E-state index is 9.78. The summed E-state index contributed by atoms with van der Waals surface area (Å²) >= 11 is 1.76. The highest BCUT2D eigenvalue weighted by molar-refractivity contribution is 7.98. The van der Waals surface area contributed by atoms with Crippen LogP contribution >= 0.6 is 11.8 Å². The summed E-state index contributed by atoms with van der Waals surface area (Å²) in [6.07, 6.45) is 4.20. The molecule has 0 atom stereocenters. The Morgan fingerprint density at radius 3 is 2.11 bits per heavy atom. The lowest BCUT2D eigenvalue weighted by Crippen LogP contribution is -2.43. The van der Waals surface area contributed by atoms with E-state index in [1.165, 1.54) is 10.5 Å². The van der Waals surface area contributed by atoms with E-state index in [0.29, 0.717) is 0 Å². The third kappa shape index (κ3) is 3.98. The molecule has 19 heavy (non-hydrogen) atoms. The molecule has 0 aliphatic carbocycles. The number of piperidine rings is 1. The Kier molecular flexibility index (Phi) is 6.90. The predicted molar refractivity (Wildman–Crippen MR) is 85.1 cm³/mol. The zero-order valence-electron chi connectivity index (χ0n) is 12.6. The van der Waals surface area contributed by atoms with Crippen LogP contribution < -0.4 is 0 Å². The van der Waals surface area contributed by atoms with Crippen molar-refractivity contribution in [3.63, 3.8) is 0 Å². The van der Waals surface area contributed by atoms with Crippen LogP contribution in [0.4, 0.5) is 0 Å². The molecule has 0 spiro atoms. The summed E-state index contributed by atoms with van der Waals surface area (Å²) in [5.41, 5.74) is 1.29. The number of likely N-dealkylation sites (tertiary alicyclic amines) is 1. The fraction of sp³-hybridized carbons (Fsp3) is 0.625.